The standard InChI is InChI=1S/C15H22O3S/c1-2-6-12-9-10-13(19-12)15(18,14(16)17)11-7-4-3-5-8-11/h9-11,18H,2-8H2,1H3,(H,16,17). The third-order valence-electron chi connectivity index (χ3n) is 4.06. The second-order valence-corrected chi connectivity index (χ2v) is 6.59. The Balaban J connectivity index is 2.28. The fraction of sp³-hybridized carbons (Fsp3) is 0.667. The predicted molar refractivity (Wildman–Crippen MR) is 76.4 cm³/mol. The summed E-state index contributed by atoms with van der Waals surface area (Å²) in [5.41, 5.74) is -1.68. The van der Waals surface area contributed by atoms with Crippen LogP contribution < -0.4 is 0 Å². The van der Waals surface area contributed by atoms with Crippen molar-refractivity contribution in [3.63, 3.8) is 0 Å². The maximum Gasteiger partial charge on any atom is 0.341 e. The van der Waals surface area contributed by atoms with Gasteiger partial charge in [0.1, 0.15) is 0 Å². The predicted octanol–water partition coefficient (Wildman–Crippen LogP) is 3.55. The maximum atomic E-state index is 11.6. The van der Waals surface area contributed by atoms with Gasteiger partial charge < -0.3 is 10.2 Å². The van der Waals surface area contributed by atoms with Gasteiger partial charge in [0.15, 0.2) is 5.60 Å². The average molecular weight is 282 g/mol. The summed E-state index contributed by atoms with van der Waals surface area (Å²) in [6, 6.07) is 3.76. The van der Waals surface area contributed by atoms with Crippen LogP contribution in [0.1, 0.15) is 55.2 Å². The Hall–Kier alpha value is -0.870. The van der Waals surface area contributed by atoms with Crippen LogP contribution in [-0.2, 0) is 16.8 Å². The number of aliphatic hydroxyl groups is 1. The molecule has 0 bridgehead atoms. The van der Waals surface area contributed by atoms with Crippen LogP contribution in [0.2, 0.25) is 0 Å². The highest BCUT2D eigenvalue weighted by Crippen LogP contribution is 2.42. The number of aliphatic carboxylic acids is 1. The number of carboxylic acid groups (broad SMARTS) is 1. The molecule has 2 rings (SSSR count). The van der Waals surface area contributed by atoms with E-state index in [0.717, 1.165) is 49.8 Å². The molecule has 3 nitrogen and oxygen atoms in total. The molecule has 1 saturated carbocycles. The lowest BCUT2D eigenvalue weighted by Gasteiger charge is -2.34. The molecule has 0 amide bonds. The third-order valence-corrected chi connectivity index (χ3v) is 5.33. The van der Waals surface area contributed by atoms with E-state index in [0.29, 0.717) is 4.88 Å². The minimum Gasteiger partial charge on any atom is -0.479 e. The van der Waals surface area contributed by atoms with Crippen molar-refractivity contribution < 1.29 is 15.0 Å². The molecule has 1 unspecified atom stereocenters. The van der Waals surface area contributed by atoms with Crippen molar-refractivity contribution in [2.24, 2.45) is 5.92 Å². The van der Waals surface area contributed by atoms with Gasteiger partial charge in [0.2, 0.25) is 0 Å². The van der Waals surface area contributed by atoms with E-state index in [-0.39, 0.29) is 5.92 Å². The molecule has 1 aliphatic rings. The van der Waals surface area contributed by atoms with Gasteiger partial charge in [-0.25, -0.2) is 4.79 Å². The second kappa shape index (κ2) is 6.06. The van der Waals surface area contributed by atoms with Crippen LogP contribution in [-0.4, -0.2) is 16.2 Å². The van der Waals surface area contributed by atoms with E-state index in [1.165, 1.54) is 11.3 Å². The number of carbonyl (C=O) groups is 1. The first-order valence-corrected chi connectivity index (χ1v) is 7.95. The molecule has 0 spiro atoms. The summed E-state index contributed by atoms with van der Waals surface area (Å²) < 4.78 is 0. The Morgan fingerprint density at radius 3 is 2.63 bits per heavy atom. The summed E-state index contributed by atoms with van der Waals surface area (Å²) in [5.74, 6) is -1.24. The molecule has 0 saturated heterocycles. The first-order valence-electron chi connectivity index (χ1n) is 7.14. The molecule has 4 heteroatoms. The van der Waals surface area contributed by atoms with Crippen LogP contribution in [0.5, 0.6) is 0 Å². The van der Waals surface area contributed by atoms with Gasteiger partial charge in [-0.2, -0.15) is 0 Å². The summed E-state index contributed by atoms with van der Waals surface area (Å²) in [7, 11) is 0. The minimum atomic E-state index is -1.68. The molecule has 0 aromatic carbocycles. The van der Waals surface area contributed by atoms with Gasteiger partial charge in [-0.05, 0) is 31.4 Å². The van der Waals surface area contributed by atoms with Crippen LogP contribution in [0.4, 0.5) is 0 Å². The molecule has 0 aliphatic heterocycles. The van der Waals surface area contributed by atoms with Crippen molar-refractivity contribution >= 4 is 17.3 Å². The van der Waals surface area contributed by atoms with E-state index in [2.05, 4.69) is 6.92 Å². The number of aryl methyl sites for hydroxylation is 1. The van der Waals surface area contributed by atoms with Crippen molar-refractivity contribution in [2.75, 3.05) is 0 Å². The second-order valence-electron chi connectivity index (χ2n) is 5.42. The Kier molecular flexibility index (Phi) is 4.63. The van der Waals surface area contributed by atoms with Gasteiger partial charge in [0.25, 0.3) is 0 Å². The van der Waals surface area contributed by atoms with E-state index in [1.807, 2.05) is 6.07 Å². The SMILES string of the molecule is CCCc1ccc(C(O)(C(=O)O)C2CCCCC2)s1. The van der Waals surface area contributed by atoms with E-state index in [1.54, 1.807) is 6.07 Å². The van der Waals surface area contributed by atoms with Crippen molar-refractivity contribution in [2.45, 2.75) is 57.5 Å². The Morgan fingerprint density at radius 2 is 2.05 bits per heavy atom. The van der Waals surface area contributed by atoms with Crippen molar-refractivity contribution in [1.29, 1.82) is 0 Å². The van der Waals surface area contributed by atoms with E-state index < -0.39 is 11.6 Å². The zero-order valence-electron chi connectivity index (χ0n) is 11.4. The number of hydrogen-bond acceptors (Lipinski definition) is 3. The quantitative estimate of drug-likeness (QED) is 0.868. The molecule has 1 fully saturated rings. The summed E-state index contributed by atoms with van der Waals surface area (Å²) >= 11 is 1.46. The molecule has 1 atom stereocenters. The van der Waals surface area contributed by atoms with E-state index >= 15 is 0 Å². The monoisotopic (exact) mass is 282 g/mol. The van der Waals surface area contributed by atoms with Crippen molar-refractivity contribution in [1.82, 2.24) is 0 Å². The van der Waals surface area contributed by atoms with Gasteiger partial charge >= 0.3 is 5.97 Å². The Labute approximate surface area is 118 Å². The van der Waals surface area contributed by atoms with Crippen LogP contribution in [0.15, 0.2) is 12.1 Å². The summed E-state index contributed by atoms with van der Waals surface area (Å²) in [4.78, 5) is 13.4. The maximum absolute atomic E-state index is 11.6. The molecular weight excluding hydrogens is 260 g/mol. The lowest BCUT2D eigenvalue weighted by Crippen LogP contribution is -2.43. The van der Waals surface area contributed by atoms with Gasteiger partial charge in [0, 0.05) is 15.7 Å². The summed E-state index contributed by atoms with van der Waals surface area (Å²) in [5, 5.41) is 20.3. The smallest absolute Gasteiger partial charge is 0.341 e. The highest BCUT2D eigenvalue weighted by molar-refractivity contribution is 7.12. The number of rotatable bonds is 5. The molecular formula is C15H22O3S. The van der Waals surface area contributed by atoms with Crippen molar-refractivity contribution in [3.05, 3.63) is 21.9 Å². The zero-order valence-corrected chi connectivity index (χ0v) is 12.2. The van der Waals surface area contributed by atoms with Gasteiger partial charge in [-0.15, -0.1) is 11.3 Å². The van der Waals surface area contributed by atoms with Gasteiger partial charge in [-0.1, -0.05) is 32.6 Å². The minimum absolute atomic E-state index is 0.146. The molecule has 2 N–H and O–H groups in total. The topological polar surface area (TPSA) is 57.5 Å². The Bertz CT molecular complexity index is 434. The molecule has 1 aliphatic carbocycles. The third kappa shape index (κ3) is 2.84. The fourth-order valence-electron chi connectivity index (χ4n) is 2.97. The van der Waals surface area contributed by atoms with E-state index in [4.69, 9.17) is 0 Å². The average Bonchev–Trinajstić information content (AvgIpc) is 2.88. The first kappa shape index (κ1) is 14.5. The van der Waals surface area contributed by atoms with E-state index in [9.17, 15) is 15.0 Å². The number of thiophene rings is 1. The molecule has 1 aromatic rings. The Morgan fingerprint density at radius 1 is 1.37 bits per heavy atom. The molecule has 1 heterocycles. The molecule has 1 aromatic heterocycles. The number of hydrogen-bond donors (Lipinski definition) is 2. The summed E-state index contributed by atoms with van der Waals surface area (Å²) in [6.07, 6.45) is 6.80. The lowest BCUT2D eigenvalue weighted by molar-refractivity contribution is -0.168. The van der Waals surface area contributed by atoms with Crippen LogP contribution in [0.25, 0.3) is 0 Å². The van der Waals surface area contributed by atoms with Crippen LogP contribution in [0.3, 0.4) is 0 Å². The highest BCUT2D eigenvalue weighted by Gasteiger charge is 2.46. The van der Waals surface area contributed by atoms with Crippen molar-refractivity contribution in [3.8, 4) is 0 Å². The van der Waals surface area contributed by atoms with Crippen LogP contribution >= 0.6 is 11.3 Å². The largest absolute Gasteiger partial charge is 0.479 e. The van der Waals surface area contributed by atoms with Crippen LogP contribution in [0, 0.1) is 5.92 Å². The zero-order chi connectivity index (χ0) is 13.9. The molecule has 19 heavy (non-hydrogen) atoms. The first-order chi connectivity index (χ1) is 9.09. The normalized spacial score (nSPS) is 20.1. The molecule has 0 radical (unpaired) electrons. The van der Waals surface area contributed by atoms with Gasteiger partial charge in [0.05, 0.1) is 0 Å². The lowest BCUT2D eigenvalue weighted by atomic mass is 9.76. The highest BCUT2D eigenvalue weighted by atomic mass is 32.1. The summed E-state index contributed by atoms with van der Waals surface area (Å²) in [6.45, 7) is 2.10. The molecule has 106 valence electrons. The fourth-order valence-corrected chi connectivity index (χ4v) is 4.24. The van der Waals surface area contributed by atoms with Gasteiger partial charge in [-0.3, -0.25) is 0 Å². The number of carboxylic acids is 1.